The molecule has 2 aromatic carbocycles. The monoisotopic (exact) mass is 248 g/mol. The lowest BCUT2D eigenvalue weighted by molar-refractivity contribution is -0.104. The Morgan fingerprint density at radius 1 is 0.789 bits per heavy atom. The maximum Gasteiger partial charge on any atom is 0.150 e. The molecule has 0 fully saturated rings. The van der Waals surface area contributed by atoms with Gasteiger partial charge in [0.25, 0.3) is 0 Å². The SMILES string of the molecule is CC(=C\c1ccccc1)/C(C=O)=C/c1ccccc1. The number of hydrogen-bond donors (Lipinski definition) is 0. The van der Waals surface area contributed by atoms with Crippen molar-refractivity contribution in [3.05, 3.63) is 82.9 Å². The van der Waals surface area contributed by atoms with E-state index in [1.807, 2.05) is 79.7 Å². The van der Waals surface area contributed by atoms with Crippen LogP contribution in [0, 0.1) is 0 Å². The molecular formula is C18H16O. The number of benzene rings is 2. The lowest BCUT2D eigenvalue weighted by atomic mass is 10.0. The van der Waals surface area contributed by atoms with Crippen molar-refractivity contribution >= 4 is 18.4 Å². The first kappa shape index (κ1) is 13.0. The van der Waals surface area contributed by atoms with Crippen molar-refractivity contribution < 1.29 is 4.79 Å². The molecule has 0 aliphatic carbocycles. The van der Waals surface area contributed by atoms with Gasteiger partial charge in [-0.15, -0.1) is 0 Å². The summed E-state index contributed by atoms with van der Waals surface area (Å²) < 4.78 is 0. The summed E-state index contributed by atoms with van der Waals surface area (Å²) in [6, 6.07) is 19.9. The fourth-order valence-electron chi connectivity index (χ4n) is 1.85. The van der Waals surface area contributed by atoms with Crippen LogP contribution < -0.4 is 0 Å². The summed E-state index contributed by atoms with van der Waals surface area (Å²) in [5.74, 6) is 0. The summed E-state index contributed by atoms with van der Waals surface area (Å²) in [5, 5.41) is 0. The van der Waals surface area contributed by atoms with Gasteiger partial charge in [0.2, 0.25) is 0 Å². The number of carbonyl (C=O) groups excluding carboxylic acids is 1. The lowest BCUT2D eigenvalue weighted by Gasteiger charge is -2.02. The highest BCUT2D eigenvalue weighted by Gasteiger charge is 1.99. The van der Waals surface area contributed by atoms with E-state index in [0.717, 1.165) is 23.0 Å². The minimum absolute atomic E-state index is 0.704. The Hall–Kier alpha value is -2.41. The Labute approximate surface area is 113 Å². The minimum Gasteiger partial charge on any atom is -0.298 e. The van der Waals surface area contributed by atoms with E-state index in [0.29, 0.717) is 5.57 Å². The molecule has 0 unspecified atom stereocenters. The van der Waals surface area contributed by atoms with E-state index in [4.69, 9.17) is 0 Å². The molecule has 94 valence electrons. The predicted molar refractivity (Wildman–Crippen MR) is 80.6 cm³/mol. The van der Waals surface area contributed by atoms with E-state index in [1.165, 1.54) is 0 Å². The van der Waals surface area contributed by atoms with Crippen LogP contribution in [0.2, 0.25) is 0 Å². The number of carbonyl (C=O) groups is 1. The van der Waals surface area contributed by atoms with Crippen LogP contribution in [-0.2, 0) is 4.79 Å². The number of allylic oxidation sites excluding steroid dienone is 2. The molecule has 0 aliphatic rings. The van der Waals surface area contributed by atoms with Crippen molar-refractivity contribution in [1.82, 2.24) is 0 Å². The van der Waals surface area contributed by atoms with E-state index in [-0.39, 0.29) is 0 Å². The van der Waals surface area contributed by atoms with Gasteiger partial charge in [-0.05, 0) is 29.7 Å². The third kappa shape index (κ3) is 3.78. The zero-order chi connectivity index (χ0) is 13.5. The normalized spacial score (nSPS) is 12.3. The van der Waals surface area contributed by atoms with Crippen LogP contribution in [0.4, 0.5) is 0 Å². The highest BCUT2D eigenvalue weighted by Crippen LogP contribution is 2.16. The molecule has 2 aromatic rings. The lowest BCUT2D eigenvalue weighted by Crippen LogP contribution is -1.88. The number of rotatable bonds is 4. The summed E-state index contributed by atoms with van der Waals surface area (Å²) in [6.07, 6.45) is 4.83. The fraction of sp³-hybridized carbons (Fsp3) is 0.0556. The van der Waals surface area contributed by atoms with Gasteiger partial charge in [-0.25, -0.2) is 0 Å². The van der Waals surface area contributed by atoms with E-state index in [2.05, 4.69) is 0 Å². The van der Waals surface area contributed by atoms with Crippen molar-refractivity contribution in [2.45, 2.75) is 6.92 Å². The van der Waals surface area contributed by atoms with Gasteiger partial charge in [0.05, 0.1) is 0 Å². The molecule has 0 bridgehead atoms. The molecule has 0 aromatic heterocycles. The van der Waals surface area contributed by atoms with Gasteiger partial charge in [0.15, 0.2) is 0 Å². The van der Waals surface area contributed by atoms with Crippen molar-refractivity contribution in [1.29, 1.82) is 0 Å². The van der Waals surface area contributed by atoms with Crippen molar-refractivity contribution in [3.63, 3.8) is 0 Å². The molecule has 0 saturated heterocycles. The quantitative estimate of drug-likeness (QED) is 0.446. The van der Waals surface area contributed by atoms with Crippen LogP contribution in [0.5, 0.6) is 0 Å². The Morgan fingerprint density at radius 2 is 1.26 bits per heavy atom. The average molecular weight is 248 g/mol. The second kappa shape index (κ2) is 6.50. The van der Waals surface area contributed by atoms with Gasteiger partial charge in [-0.3, -0.25) is 4.79 Å². The topological polar surface area (TPSA) is 17.1 Å². The van der Waals surface area contributed by atoms with Gasteiger partial charge in [-0.2, -0.15) is 0 Å². The van der Waals surface area contributed by atoms with Crippen molar-refractivity contribution in [3.8, 4) is 0 Å². The van der Waals surface area contributed by atoms with Crippen LogP contribution in [0.25, 0.3) is 12.2 Å². The molecule has 1 nitrogen and oxygen atoms in total. The largest absolute Gasteiger partial charge is 0.298 e. The molecule has 0 radical (unpaired) electrons. The Kier molecular flexibility index (Phi) is 4.46. The fourth-order valence-corrected chi connectivity index (χ4v) is 1.85. The van der Waals surface area contributed by atoms with Crippen LogP contribution in [0.15, 0.2) is 71.8 Å². The third-order valence-corrected chi connectivity index (χ3v) is 2.89. The molecule has 0 amide bonds. The van der Waals surface area contributed by atoms with Crippen molar-refractivity contribution in [2.75, 3.05) is 0 Å². The van der Waals surface area contributed by atoms with E-state index >= 15 is 0 Å². The van der Waals surface area contributed by atoms with Gasteiger partial charge < -0.3 is 0 Å². The first-order valence-electron chi connectivity index (χ1n) is 6.25. The smallest absolute Gasteiger partial charge is 0.150 e. The van der Waals surface area contributed by atoms with Gasteiger partial charge in [0.1, 0.15) is 6.29 Å². The summed E-state index contributed by atoms with van der Waals surface area (Å²) in [7, 11) is 0. The summed E-state index contributed by atoms with van der Waals surface area (Å²) >= 11 is 0. The average Bonchev–Trinajstić information content (AvgIpc) is 2.47. The van der Waals surface area contributed by atoms with Gasteiger partial charge in [0, 0.05) is 5.57 Å². The Balaban J connectivity index is 2.30. The first-order chi connectivity index (χ1) is 9.29. The van der Waals surface area contributed by atoms with E-state index < -0.39 is 0 Å². The third-order valence-electron chi connectivity index (χ3n) is 2.89. The number of aldehydes is 1. The molecule has 0 heterocycles. The summed E-state index contributed by atoms with van der Waals surface area (Å²) in [4.78, 5) is 11.2. The zero-order valence-electron chi connectivity index (χ0n) is 10.9. The predicted octanol–water partition coefficient (Wildman–Crippen LogP) is 4.37. The van der Waals surface area contributed by atoms with Crippen LogP contribution in [-0.4, -0.2) is 6.29 Å². The Morgan fingerprint density at radius 3 is 1.74 bits per heavy atom. The van der Waals surface area contributed by atoms with Gasteiger partial charge >= 0.3 is 0 Å². The standard InChI is InChI=1S/C18H16O/c1-15(12-16-8-4-2-5-9-16)18(14-19)13-17-10-6-3-7-11-17/h2-14H,1H3/b15-12+,18-13+. The molecular weight excluding hydrogens is 232 g/mol. The maximum absolute atomic E-state index is 11.2. The van der Waals surface area contributed by atoms with Crippen LogP contribution in [0.3, 0.4) is 0 Å². The molecule has 1 heteroatoms. The second-order valence-electron chi connectivity index (χ2n) is 4.37. The van der Waals surface area contributed by atoms with Crippen LogP contribution in [0.1, 0.15) is 18.1 Å². The van der Waals surface area contributed by atoms with E-state index in [1.54, 1.807) is 0 Å². The molecule has 0 N–H and O–H groups in total. The molecule has 0 spiro atoms. The molecule has 0 atom stereocenters. The molecule has 0 saturated carbocycles. The summed E-state index contributed by atoms with van der Waals surface area (Å²) in [6.45, 7) is 1.95. The maximum atomic E-state index is 11.2. The van der Waals surface area contributed by atoms with Crippen LogP contribution >= 0.6 is 0 Å². The minimum atomic E-state index is 0.704. The first-order valence-corrected chi connectivity index (χ1v) is 6.25. The second-order valence-corrected chi connectivity index (χ2v) is 4.37. The van der Waals surface area contributed by atoms with Gasteiger partial charge in [-0.1, -0.05) is 66.7 Å². The number of hydrogen-bond acceptors (Lipinski definition) is 1. The molecule has 0 aliphatic heterocycles. The Bertz CT molecular complexity index is 592. The highest BCUT2D eigenvalue weighted by molar-refractivity contribution is 5.89. The van der Waals surface area contributed by atoms with E-state index in [9.17, 15) is 4.79 Å². The highest BCUT2D eigenvalue weighted by atomic mass is 16.1. The van der Waals surface area contributed by atoms with Crippen molar-refractivity contribution in [2.24, 2.45) is 0 Å². The molecule has 2 rings (SSSR count). The molecule has 19 heavy (non-hydrogen) atoms. The summed E-state index contributed by atoms with van der Waals surface area (Å²) in [5.41, 5.74) is 3.80. The zero-order valence-corrected chi connectivity index (χ0v) is 10.9.